The summed E-state index contributed by atoms with van der Waals surface area (Å²) in [5, 5.41) is 5.93. The van der Waals surface area contributed by atoms with E-state index >= 15 is 0 Å². The predicted molar refractivity (Wildman–Crippen MR) is 170 cm³/mol. The van der Waals surface area contributed by atoms with E-state index in [-0.39, 0.29) is 17.7 Å². The monoisotopic (exact) mass is 579 g/mol. The molecule has 2 aromatic carbocycles. The Kier molecular flexibility index (Phi) is 14.1. The fourth-order valence-corrected chi connectivity index (χ4v) is 5.12. The van der Waals surface area contributed by atoms with Crippen LogP contribution in [0.5, 0.6) is 0 Å². The number of rotatable bonds is 15. The summed E-state index contributed by atoms with van der Waals surface area (Å²) < 4.78 is 5.52. The fraction of sp³-hybridized carbons (Fsp3) is 0.571. The van der Waals surface area contributed by atoms with Crippen molar-refractivity contribution in [3.8, 4) is 0 Å². The molecule has 0 aliphatic carbocycles. The predicted octanol–water partition coefficient (Wildman–Crippen LogP) is 7.40. The SMILES string of the molecule is CCCCCCCN(C(=O)C(CC(C)C)NC(=O)OC(C)(C)C)C(C(=O)NCc1ccccc1)c1cc(C)cc(C)c1. The van der Waals surface area contributed by atoms with Gasteiger partial charge in [0.15, 0.2) is 0 Å². The number of nitrogens with one attached hydrogen (secondary N) is 2. The van der Waals surface area contributed by atoms with Crippen molar-refractivity contribution in [3.05, 3.63) is 70.8 Å². The van der Waals surface area contributed by atoms with Gasteiger partial charge in [0.25, 0.3) is 0 Å². The number of amides is 3. The second-order valence-electron chi connectivity index (χ2n) is 12.8. The smallest absolute Gasteiger partial charge is 0.408 e. The number of alkyl carbamates (subject to hydrolysis) is 1. The normalized spacial score (nSPS) is 12.9. The molecule has 2 N–H and O–H groups in total. The lowest BCUT2D eigenvalue weighted by Crippen LogP contribution is -2.53. The van der Waals surface area contributed by atoms with Gasteiger partial charge >= 0.3 is 6.09 Å². The highest BCUT2D eigenvalue weighted by molar-refractivity contribution is 5.92. The van der Waals surface area contributed by atoms with E-state index in [9.17, 15) is 14.4 Å². The molecule has 7 heteroatoms. The molecule has 0 radical (unpaired) electrons. The van der Waals surface area contributed by atoms with Crippen molar-refractivity contribution >= 4 is 17.9 Å². The highest BCUT2D eigenvalue weighted by atomic mass is 16.6. The lowest BCUT2D eigenvalue weighted by atomic mass is 9.96. The minimum atomic E-state index is -0.846. The Morgan fingerprint density at radius 3 is 2.10 bits per heavy atom. The second-order valence-corrected chi connectivity index (χ2v) is 12.8. The molecule has 0 aliphatic rings. The Balaban J connectivity index is 2.51. The molecule has 7 nitrogen and oxygen atoms in total. The van der Waals surface area contributed by atoms with Crippen molar-refractivity contribution in [3.63, 3.8) is 0 Å². The van der Waals surface area contributed by atoms with E-state index in [4.69, 9.17) is 4.74 Å². The van der Waals surface area contributed by atoms with Gasteiger partial charge in [-0.2, -0.15) is 0 Å². The zero-order valence-corrected chi connectivity index (χ0v) is 27.1. The van der Waals surface area contributed by atoms with Gasteiger partial charge in [0.1, 0.15) is 17.7 Å². The lowest BCUT2D eigenvalue weighted by molar-refractivity contribution is -0.143. The van der Waals surface area contributed by atoms with E-state index in [0.717, 1.165) is 54.4 Å². The Hall–Kier alpha value is -3.35. The average molecular weight is 580 g/mol. The van der Waals surface area contributed by atoms with E-state index in [1.165, 1.54) is 0 Å². The third-order valence-corrected chi connectivity index (χ3v) is 6.91. The van der Waals surface area contributed by atoms with E-state index in [1.54, 1.807) is 25.7 Å². The minimum Gasteiger partial charge on any atom is -0.444 e. The first-order valence-corrected chi connectivity index (χ1v) is 15.5. The van der Waals surface area contributed by atoms with Crippen LogP contribution in [0.2, 0.25) is 0 Å². The van der Waals surface area contributed by atoms with Crippen LogP contribution in [-0.4, -0.2) is 41.0 Å². The summed E-state index contributed by atoms with van der Waals surface area (Å²) in [6.07, 6.45) is 4.82. The zero-order chi connectivity index (χ0) is 31.3. The summed E-state index contributed by atoms with van der Waals surface area (Å²) in [5.41, 5.74) is 3.08. The molecule has 0 heterocycles. The molecule has 0 aromatic heterocycles. The summed E-state index contributed by atoms with van der Waals surface area (Å²) in [5.74, 6) is -0.387. The first-order chi connectivity index (χ1) is 19.8. The number of carbonyl (C=O) groups excluding carboxylic acids is 3. The third-order valence-electron chi connectivity index (χ3n) is 6.91. The quantitative estimate of drug-likeness (QED) is 0.215. The van der Waals surface area contributed by atoms with Crippen molar-refractivity contribution in [2.75, 3.05) is 6.54 Å². The number of benzene rings is 2. The van der Waals surface area contributed by atoms with Gasteiger partial charge in [-0.3, -0.25) is 9.59 Å². The first kappa shape index (κ1) is 34.8. The molecule has 0 bridgehead atoms. The average Bonchev–Trinajstić information content (AvgIpc) is 2.89. The topological polar surface area (TPSA) is 87.7 Å². The molecule has 2 rings (SSSR count). The van der Waals surface area contributed by atoms with E-state index in [2.05, 4.69) is 23.6 Å². The number of ether oxygens (including phenoxy) is 1. The van der Waals surface area contributed by atoms with Crippen LogP contribution in [0.1, 0.15) is 108 Å². The van der Waals surface area contributed by atoms with Gasteiger partial charge in [-0.15, -0.1) is 0 Å². The summed E-state index contributed by atoms with van der Waals surface area (Å²) in [6, 6.07) is 14.1. The van der Waals surface area contributed by atoms with Gasteiger partial charge in [-0.1, -0.05) is 106 Å². The molecular weight excluding hydrogens is 526 g/mol. The zero-order valence-electron chi connectivity index (χ0n) is 27.1. The number of hydrogen-bond acceptors (Lipinski definition) is 4. The van der Waals surface area contributed by atoms with Crippen LogP contribution >= 0.6 is 0 Å². The standard InChI is InChI=1S/C35H53N3O4/c1-9-10-11-12-16-19-38(33(40)30(20-25(2)3)37-34(41)42-35(6,7)8)31(29-22-26(4)21-27(5)23-29)32(39)36-24-28-17-14-13-15-18-28/h13-15,17-18,21-23,25,30-31H,9-12,16,19-20,24H2,1-8H3,(H,36,39)(H,37,41). The van der Waals surface area contributed by atoms with Crippen molar-refractivity contribution in [2.24, 2.45) is 5.92 Å². The largest absolute Gasteiger partial charge is 0.444 e. The molecule has 232 valence electrons. The van der Waals surface area contributed by atoms with Gasteiger partial charge in [-0.05, 0) is 64.5 Å². The van der Waals surface area contributed by atoms with Gasteiger partial charge in [0.2, 0.25) is 11.8 Å². The number of hydrogen-bond donors (Lipinski definition) is 2. The Bertz CT molecular complexity index is 1120. The van der Waals surface area contributed by atoms with E-state index in [0.29, 0.717) is 19.5 Å². The summed E-state index contributed by atoms with van der Waals surface area (Å²) in [6.45, 7) is 16.3. The Labute approximate surface area is 253 Å². The number of nitrogens with zero attached hydrogens (tertiary/aromatic N) is 1. The molecular formula is C35H53N3O4. The first-order valence-electron chi connectivity index (χ1n) is 15.5. The number of unbranched alkanes of at least 4 members (excludes halogenated alkanes) is 4. The fourth-order valence-electron chi connectivity index (χ4n) is 5.12. The number of aryl methyl sites for hydroxylation is 2. The highest BCUT2D eigenvalue weighted by Gasteiger charge is 2.36. The third kappa shape index (κ3) is 12.3. The van der Waals surface area contributed by atoms with Crippen molar-refractivity contribution in [1.82, 2.24) is 15.5 Å². The van der Waals surface area contributed by atoms with Gasteiger partial charge < -0.3 is 20.3 Å². The summed E-state index contributed by atoms with van der Waals surface area (Å²) >= 11 is 0. The van der Waals surface area contributed by atoms with Crippen LogP contribution < -0.4 is 10.6 Å². The highest BCUT2D eigenvalue weighted by Crippen LogP contribution is 2.27. The molecule has 0 saturated heterocycles. The van der Waals surface area contributed by atoms with Crippen LogP contribution in [0.25, 0.3) is 0 Å². The molecule has 2 aromatic rings. The van der Waals surface area contributed by atoms with Gasteiger partial charge in [0.05, 0.1) is 0 Å². The van der Waals surface area contributed by atoms with Crippen molar-refractivity contribution < 1.29 is 19.1 Å². The van der Waals surface area contributed by atoms with Crippen LogP contribution in [0, 0.1) is 19.8 Å². The Morgan fingerprint density at radius 1 is 0.905 bits per heavy atom. The maximum Gasteiger partial charge on any atom is 0.408 e. The van der Waals surface area contributed by atoms with Gasteiger partial charge in [-0.25, -0.2) is 4.79 Å². The van der Waals surface area contributed by atoms with Gasteiger partial charge in [0, 0.05) is 13.1 Å². The summed E-state index contributed by atoms with van der Waals surface area (Å²) in [7, 11) is 0. The van der Waals surface area contributed by atoms with Crippen LogP contribution in [-0.2, 0) is 20.9 Å². The minimum absolute atomic E-state index is 0.131. The van der Waals surface area contributed by atoms with Crippen LogP contribution in [0.3, 0.4) is 0 Å². The van der Waals surface area contributed by atoms with Crippen LogP contribution in [0.15, 0.2) is 48.5 Å². The Morgan fingerprint density at radius 2 is 1.52 bits per heavy atom. The summed E-state index contributed by atoms with van der Waals surface area (Å²) in [4.78, 5) is 43.0. The van der Waals surface area contributed by atoms with Crippen molar-refractivity contribution in [2.45, 2.75) is 118 Å². The van der Waals surface area contributed by atoms with E-state index < -0.39 is 23.8 Å². The van der Waals surface area contributed by atoms with Crippen molar-refractivity contribution in [1.29, 1.82) is 0 Å². The molecule has 0 aliphatic heterocycles. The number of carbonyl (C=O) groups is 3. The molecule has 3 amide bonds. The second kappa shape index (κ2) is 16.9. The maximum absolute atomic E-state index is 14.4. The maximum atomic E-state index is 14.4. The molecule has 42 heavy (non-hydrogen) atoms. The van der Waals surface area contributed by atoms with Crippen LogP contribution in [0.4, 0.5) is 4.79 Å². The molecule has 2 unspecified atom stereocenters. The molecule has 0 saturated carbocycles. The lowest BCUT2D eigenvalue weighted by Gasteiger charge is -2.35. The molecule has 0 spiro atoms. The molecule has 0 fully saturated rings. The molecule has 2 atom stereocenters. The van der Waals surface area contributed by atoms with E-state index in [1.807, 2.05) is 70.2 Å².